The highest BCUT2D eigenvalue weighted by Crippen LogP contribution is 2.20. The highest BCUT2D eigenvalue weighted by molar-refractivity contribution is 9.10. The van der Waals surface area contributed by atoms with E-state index in [1.807, 2.05) is 0 Å². The number of hydrazone groups is 2. The van der Waals surface area contributed by atoms with Crippen LogP contribution in [0.1, 0.15) is 62.5 Å². The number of hydrogen-bond acceptors (Lipinski definition) is 6. The van der Waals surface area contributed by atoms with Gasteiger partial charge in [-0.05, 0) is 49.2 Å². The molecule has 2 aromatic carbocycles. The lowest BCUT2D eigenvalue weighted by molar-refractivity contribution is -0.122. The zero-order chi connectivity index (χ0) is 24.8. The molecule has 182 valence electrons. The van der Waals surface area contributed by atoms with Gasteiger partial charge in [0.05, 0.1) is 12.4 Å². The number of carbonyl (C=O) groups is 2. The average Bonchev–Trinajstić information content (AvgIpc) is 2.80. The van der Waals surface area contributed by atoms with Crippen molar-refractivity contribution in [1.82, 2.24) is 10.9 Å². The van der Waals surface area contributed by atoms with E-state index in [1.54, 1.807) is 36.4 Å². The Bertz CT molecular complexity index is 947. The Labute approximate surface area is 215 Å². The minimum Gasteiger partial charge on any atom is -0.507 e. The third-order valence-corrected chi connectivity index (χ3v) is 5.81. The predicted molar refractivity (Wildman–Crippen MR) is 140 cm³/mol. The minimum absolute atomic E-state index is 0.0901. The molecule has 0 saturated heterocycles. The number of hydrogen-bond donors (Lipinski definition) is 4. The number of nitrogens with zero attached hydrogens (tertiary/aromatic N) is 2. The Kier molecular flexibility index (Phi) is 12.3. The van der Waals surface area contributed by atoms with E-state index in [-0.39, 0.29) is 23.3 Å². The maximum absolute atomic E-state index is 11.8. The third kappa shape index (κ3) is 10.9. The van der Waals surface area contributed by atoms with E-state index in [2.05, 4.69) is 52.9 Å². The number of amides is 2. The maximum atomic E-state index is 11.8. The van der Waals surface area contributed by atoms with Gasteiger partial charge in [0.1, 0.15) is 11.5 Å². The van der Waals surface area contributed by atoms with Crippen molar-refractivity contribution in [2.24, 2.45) is 10.2 Å². The van der Waals surface area contributed by atoms with Crippen molar-refractivity contribution in [3.8, 4) is 11.5 Å². The van der Waals surface area contributed by atoms with Crippen LogP contribution in [0.5, 0.6) is 11.5 Å². The first-order valence-electron chi connectivity index (χ1n) is 11.0. The van der Waals surface area contributed by atoms with Crippen LogP contribution in [0.4, 0.5) is 0 Å². The molecule has 0 spiro atoms. The summed E-state index contributed by atoms with van der Waals surface area (Å²) in [7, 11) is 0. The number of benzene rings is 2. The van der Waals surface area contributed by atoms with Gasteiger partial charge in [0.2, 0.25) is 11.8 Å². The summed E-state index contributed by atoms with van der Waals surface area (Å²) in [4.78, 5) is 23.7. The van der Waals surface area contributed by atoms with E-state index in [4.69, 9.17) is 0 Å². The standard InChI is InChI=1S/C24H28Br2N4O4/c25-19-9-11-21(31)17(13-19)15-27-29-23(33)7-5-3-1-2-4-6-8-24(34)30-28-16-18-14-20(26)10-12-22(18)32/h9-16,31-32H,1-8H2,(H,29,33)(H,30,34)/b27-15-,28-16-. The summed E-state index contributed by atoms with van der Waals surface area (Å²) in [6.07, 6.45) is 8.95. The Balaban J connectivity index is 1.49. The lowest BCUT2D eigenvalue weighted by atomic mass is 10.1. The van der Waals surface area contributed by atoms with Crippen LogP contribution in [0, 0.1) is 0 Å². The van der Waals surface area contributed by atoms with Crippen LogP contribution in [0.3, 0.4) is 0 Å². The molecule has 0 aliphatic rings. The van der Waals surface area contributed by atoms with Gasteiger partial charge in [-0.1, -0.05) is 57.5 Å². The molecule has 34 heavy (non-hydrogen) atoms. The second-order valence-corrected chi connectivity index (χ2v) is 9.45. The van der Waals surface area contributed by atoms with Crippen LogP contribution < -0.4 is 10.9 Å². The third-order valence-electron chi connectivity index (χ3n) is 4.82. The molecule has 2 rings (SSSR count). The van der Waals surface area contributed by atoms with Crippen molar-refractivity contribution in [1.29, 1.82) is 0 Å². The molecule has 4 N–H and O–H groups in total. The van der Waals surface area contributed by atoms with Gasteiger partial charge in [0, 0.05) is 32.9 Å². The van der Waals surface area contributed by atoms with Crippen LogP contribution in [0.15, 0.2) is 55.5 Å². The number of phenols is 2. The first kappa shape index (κ1) is 27.5. The van der Waals surface area contributed by atoms with Crippen molar-refractivity contribution in [2.45, 2.75) is 51.4 Å². The number of rotatable bonds is 13. The Morgan fingerprint density at radius 1 is 0.706 bits per heavy atom. The first-order valence-corrected chi connectivity index (χ1v) is 12.5. The molecule has 0 fully saturated rings. The van der Waals surface area contributed by atoms with Gasteiger partial charge in [0.25, 0.3) is 0 Å². The molecule has 0 radical (unpaired) electrons. The quantitative estimate of drug-likeness (QED) is 0.142. The molecule has 0 heterocycles. The number of carbonyl (C=O) groups excluding carboxylic acids is 2. The summed E-state index contributed by atoms with van der Waals surface area (Å²) in [5, 5.41) is 27.2. The Hall–Kier alpha value is -2.72. The monoisotopic (exact) mass is 594 g/mol. The molecule has 0 unspecified atom stereocenters. The van der Waals surface area contributed by atoms with E-state index in [0.717, 1.165) is 47.5 Å². The fraction of sp³-hybridized carbons (Fsp3) is 0.333. The van der Waals surface area contributed by atoms with Crippen LogP contribution in [-0.2, 0) is 9.59 Å². The summed E-state index contributed by atoms with van der Waals surface area (Å²) in [6, 6.07) is 9.94. The molecule has 0 bridgehead atoms. The molecule has 0 saturated carbocycles. The summed E-state index contributed by atoms with van der Waals surface area (Å²) in [5.74, 6) is -0.155. The largest absolute Gasteiger partial charge is 0.507 e. The normalized spacial score (nSPS) is 11.2. The summed E-state index contributed by atoms with van der Waals surface area (Å²) in [6.45, 7) is 0. The molecule has 2 amide bonds. The molecule has 0 aliphatic carbocycles. The highest BCUT2D eigenvalue weighted by atomic mass is 79.9. The fourth-order valence-electron chi connectivity index (χ4n) is 3.00. The van der Waals surface area contributed by atoms with Crippen molar-refractivity contribution in [2.75, 3.05) is 0 Å². The van der Waals surface area contributed by atoms with Gasteiger partial charge < -0.3 is 10.2 Å². The lowest BCUT2D eigenvalue weighted by Crippen LogP contribution is -2.17. The van der Waals surface area contributed by atoms with E-state index < -0.39 is 0 Å². The van der Waals surface area contributed by atoms with Gasteiger partial charge in [0.15, 0.2) is 0 Å². The minimum atomic E-state index is -0.167. The molecule has 0 aromatic heterocycles. The van der Waals surface area contributed by atoms with Crippen molar-refractivity contribution < 1.29 is 19.8 Å². The van der Waals surface area contributed by atoms with Crippen LogP contribution in [0.25, 0.3) is 0 Å². The molecular weight excluding hydrogens is 568 g/mol. The van der Waals surface area contributed by atoms with Gasteiger partial charge in [-0.25, -0.2) is 10.9 Å². The van der Waals surface area contributed by atoms with Crippen LogP contribution in [0.2, 0.25) is 0 Å². The summed E-state index contributed by atoms with van der Waals surface area (Å²) < 4.78 is 1.62. The topological polar surface area (TPSA) is 123 Å². The maximum Gasteiger partial charge on any atom is 0.240 e. The zero-order valence-corrected chi connectivity index (χ0v) is 21.8. The lowest BCUT2D eigenvalue weighted by Gasteiger charge is -2.03. The van der Waals surface area contributed by atoms with Gasteiger partial charge in [-0.3, -0.25) is 9.59 Å². The molecular formula is C24H28Br2N4O4. The fourth-order valence-corrected chi connectivity index (χ4v) is 3.75. The molecule has 2 aromatic rings. The van der Waals surface area contributed by atoms with E-state index in [0.29, 0.717) is 24.0 Å². The smallest absolute Gasteiger partial charge is 0.240 e. The predicted octanol–water partition coefficient (Wildman–Crippen LogP) is 5.34. The van der Waals surface area contributed by atoms with E-state index in [1.165, 1.54) is 12.4 Å². The SMILES string of the molecule is O=C(CCCCCCCCC(=O)N/N=C\c1cc(Br)ccc1O)N/N=C\c1cc(Br)ccc1O. The number of aromatic hydroxyl groups is 2. The summed E-state index contributed by atoms with van der Waals surface area (Å²) in [5.41, 5.74) is 5.96. The second-order valence-electron chi connectivity index (χ2n) is 7.61. The number of nitrogens with one attached hydrogen (secondary N) is 2. The van der Waals surface area contributed by atoms with Crippen LogP contribution >= 0.6 is 31.9 Å². The molecule has 0 aliphatic heterocycles. The second kappa shape index (κ2) is 15.2. The van der Waals surface area contributed by atoms with Gasteiger partial charge >= 0.3 is 0 Å². The Morgan fingerprint density at radius 3 is 1.50 bits per heavy atom. The molecule has 0 atom stereocenters. The van der Waals surface area contributed by atoms with Crippen molar-refractivity contribution >= 4 is 56.1 Å². The average molecular weight is 596 g/mol. The zero-order valence-electron chi connectivity index (χ0n) is 18.6. The number of halogens is 2. The number of phenolic OH excluding ortho intramolecular Hbond substituents is 2. The molecule has 10 heteroatoms. The molecule has 8 nitrogen and oxygen atoms in total. The van der Waals surface area contributed by atoms with Crippen molar-refractivity contribution in [3.63, 3.8) is 0 Å². The van der Waals surface area contributed by atoms with Gasteiger partial charge in [-0.2, -0.15) is 10.2 Å². The van der Waals surface area contributed by atoms with Gasteiger partial charge in [-0.15, -0.1) is 0 Å². The highest BCUT2D eigenvalue weighted by Gasteiger charge is 2.03. The van der Waals surface area contributed by atoms with E-state index in [9.17, 15) is 19.8 Å². The first-order chi connectivity index (χ1) is 16.3. The van der Waals surface area contributed by atoms with Crippen LogP contribution in [-0.4, -0.2) is 34.5 Å². The van der Waals surface area contributed by atoms with E-state index >= 15 is 0 Å². The van der Waals surface area contributed by atoms with Crippen molar-refractivity contribution in [3.05, 3.63) is 56.5 Å². The Morgan fingerprint density at radius 2 is 1.09 bits per heavy atom. The number of unbranched alkanes of at least 4 members (excludes halogenated alkanes) is 5. The summed E-state index contributed by atoms with van der Waals surface area (Å²) >= 11 is 6.63.